The maximum Gasteiger partial charge on any atom is 1.00 e. The molecule has 1 heterocycles. The molecule has 0 aromatic carbocycles. The van der Waals surface area contributed by atoms with Crippen molar-refractivity contribution in [2.75, 3.05) is 14.1 Å². The first-order valence-corrected chi connectivity index (χ1v) is 3.92. The summed E-state index contributed by atoms with van der Waals surface area (Å²) < 4.78 is 0. The van der Waals surface area contributed by atoms with Crippen molar-refractivity contribution in [1.82, 2.24) is 9.88 Å². The summed E-state index contributed by atoms with van der Waals surface area (Å²) in [6.45, 7) is 0.722. The Hall–Kier alpha value is -0.420. The molecule has 5 heteroatoms. The molecule has 0 bridgehead atoms. The Labute approximate surface area is 107 Å². The third-order valence-corrected chi connectivity index (χ3v) is 1.55. The quantitative estimate of drug-likeness (QED) is 0.576. The number of hydrogen-bond donors (Lipinski definition) is 1. The molecule has 0 aliphatic carbocycles. The Morgan fingerprint density at radius 3 is 2.57 bits per heavy atom. The van der Waals surface area contributed by atoms with E-state index in [1.807, 2.05) is 19.0 Å². The molecule has 1 aromatic rings. The predicted octanol–water partition coefficient (Wildman–Crippen LogP) is -2.04. The standard InChI is InChI=1S/C9H12N2O2.Na.H/c1-11(2)6-8-4-3-7(5-10-8)9(12)13;;/h3-5H,6H2,1-2H3,(H,12,13);;/q;+1;-1. The van der Waals surface area contributed by atoms with Crippen molar-refractivity contribution >= 4 is 5.97 Å². The van der Waals surface area contributed by atoms with Crippen LogP contribution in [0, 0.1) is 0 Å². The van der Waals surface area contributed by atoms with Gasteiger partial charge in [0.25, 0.3) is 0 Å². The molecule has 0 saturated carbocycles. The fraction of sp³-hybridized carbons (Fsp3) is 0.333. The normalized spacial score (nSPS) is 9.64. The van der Waals surface area contributed by atoms with Crippen LogP contribution in [0.2, 0.25) is 0 Å². The molecule has 1 rings (SSSR count). The first kappa shape index (κ1) is 13.6. The van der Waals surface area contributed by atoms with E-state index < -0.39 is 5.97 Å². The summed E-state index contributed by atoms with van der Waals surface area (Å²) in [5.74, 6) is -0.941. The van der Waals surface area contributed by atoms with Crippen LogP contribution in [0.1, 0.15) is 17.5 Å². The van der Waals surface area contributed by atoms with Crippen LogP contribution >= 0.6 is 0 Å². The monoisotopic (exact) mass is 204 g/mol. The molecule has 0 atom stereocenters. The summed E-state index contributed by atoms with van der Waals surface area (Å²) in [6.07, 6.45) is 1.38. The van der Waals surface area contributed by atoms with Gasteiger partial charge in [0.1, 0.15) is 0 Å². The fourth-order valence-corrected chi connectivity index (χ4v) is 0.969. The molecule has 1 N–H and O–H groups in total. The zero-order valence-corrected chi connectivity index (χ0v) is 10.7. The van der Waals surface area contributed by atoms with E-state index in [4.69, 9.17) is 5.11 Å². The van der Waals surface area contributed by atoms with Crippen molar-refractivity contribution in [1.29, 1.82) is 0 Å². The zero-order chi connectivity index (χ0) is 9.84. The molecular formula is C9H13N2NaO2. The summed E-state index contributed by atoms with van der Waals surface area (Å²) in [5.41, 5.74) is 1.09. The number of carbonyl (C=O) groups is 1. The molecule has 14 heavy (non-hydrogen) atoms. The number of carboxylic acid groups (broad SMARTS) is 1. The Kier molecular flexibility index (Phi) is 5.95. The molecule has 0 amide bonds. The van der Waals surface area contributed by atoms with Crippen LogP contribution < -0.4 is 29.6 Å². The van der Waals surface area contributed by atoms with Crippen molar-refractivity contribution in [2.45, 2.75) is 6.54 Å². The number of pyridine rings is 1. The van der Waals surface area contributed by atoms with E-state index in [-0.39, 0.29) is 36.5 Å². The maximum absolute atomic E-state index is 10.5. The summed E-state index contributed by atoms with van der Waals surface area (Å²) in [7, 11) is 3.87. The van der Waals surface area contributed by atoms with E-state index in [1.165, 1.54) is 6.20 Å². The van der Waals surface area contributed by atoms with E-state index in [0.29, 0.717) is 0 Å². The fourth-order valence-electron chi connectivity index (χ4n) is 0.969. The van der Waals surface area contributed by atoms with Crippen LogP contribution in [0.3, 0.4) is 0 Å². The minimum atomic E-state index is -0.941. The molecule has 0 fully saturated rings. The van der Waals surface area contributed by atoms with Gasteiger partial charge in [-0.25, -0.2) is 4.79 Å². The van der Waals surface area contributed by atoms with Gasteiger partial charge < -0.3 is 11.4 Å². The Morgan fingerprint density at radius 1 is 1.57 bits per heavy atom. The molecule has 0 radical (unpaired) electrons. The smallest absolute Gasteiger partial charge is 1.00 e. The van der Waals surface area contributed by atoms with Crippen LogP contribution in [-0.2, 0) is 6.54 Å². The molecule has 0 saturated heterocycles. The van der Waals surface area contributed by atoms with Crippen molar-refractivity contribution in [2.24, 2.45) is 0 Å². The van der Waals surface area contributed by atoms with Gasteiger partial charge in [0.2, 0.25) is 0 Å². The molecular weight excluding hydrogens is 191 g/mol. The molecule has 4 nitrogen and oxygen atoms in total. The van der Waals surface area contributed by atoms with Crippen LogP contribution in [0.4, 0.5) is 0 Å². The van der Waals surface area contributed by atoms with E-state index in [2.05, 4.69) is 4.98 Å². The molecule has 0 spiro atoms. The van der Waals surface area contributed by atoms with Gasteiger partial charge in [-0.05, 0) is 26.2 Å². The van der Waals surface area contributed by atoms with Crippen molar-refractivity contribution in [3.63, 3.8) is 0 Å². The van der Waals surface area contributed by atoms with Gasteiger partial charge in [-0.2, -0.15) is 0 Å². The summed E-state index contributed by atoms with van der Waals surface area (Å²) >= 11 is 0. The number of rotatable bonds is 3. The van der Waals surface area contributed by atoms with Crippen LogP contribution in [0.15, 0.2) is 18.3 Å². The first-order valence-electron chi connectivity index (χ1n) is 3.92. The number of hydrogen-bond acceptors (Lipinski definition) is 3. The van der Waals surface area contributed by atoms with E-state index >= 15 is 0 Å². The van der Waals surface area contributed by atoms with Gasteiger partial charge in [-0.15, -0.1) is 0 Å². The van der Waals surface area contributed by atoms with Gasteiger partial charge >= 0.3 is 35.5 Å². The largest absolute Gasteiger partial charge is 1.00 e. The van der Waals surface area contributed by atoms with Crippen LogP contribution in [0.5, 0.6) is 0 Å². The topological polar surface area (TPSA) is 53.4 Å². The number of aromatic carboxylic acids is 1. The molecule has 72 valence electrons. The van der Waals surface area contributed by atoms with Crippen molar-refractivity contribution in [3.8, 4) is 0 Å². The SMILES string of the molecule is CN(C)Cc1ccc(C(=O)O)cn1.[H-].[Na+]. The summed E-state index contributed by atoms with van der Waals surface area (Å²) in [6, 6.07) is 3.29. The third kappa shape index (κ3) is 4.19. The number of carboxylic acids is 1. The van der Waals surface area contributed by atoms with Crippen LogP contribution in [0.25, 0.3) is 0 Å². The minimum absolute atomic E-state index is 0. The molecule has 0 aliphatic heterocycles. The molecule has 0 unspecified atom stereocenters. The van der Waals surface area contributed by atoms with Gasteiger partial charge in [0.15, 0.2) is 0 Å². The second-order valence-electron chi connectivity index (χ2n) is 3.08. The van der Waals surface area contributed by atoms with Crippen LogP contribution in [-0.4, -0.2) is 35.1 Å². The molecule has 1 aromatic heterocycles. The van der Waals surface area contributed by atoms with E-state index in [9.17, 15) is 4.79 Å². The van der Waals surface area contributed by atoms with E-state index in [0.717, 1.165) is 12.2 Å². The molecule has 0 aliphatic rings. The Bertz CT molecular complexity index is 303. The van der Waals surface area contributed by atoms with Gasteiger partial charge in [0.05, 0.1) is 11.3 Å². The second kappa shape index (κ2) is 6.14. The summed E-state index contributed by atoms with van der Waals surface area (Å²) in [4.78, 5) is 16.5. The Balaban J connectivity index is 0. The van der Waals surface area contributed by atoms with Gasteiger partial charge in [-0.3, -0.25) is 4.98 Å². The third-order valence-electron chi connectivity index (χ3n) is 1.55. The average Bonchev–Trinajstić information content (AvgIpc) is 2.04. The maximum atomic E-state index is 10.5. The zero-order valence-electron chi connectivity index (χ0n) is 9.69. The number of aromatic nitrogens is 1. The second-order valence-corrected chi connectivity index (χ2v) is 3.08. The first-order chi connectivity index (χ1) is 6.09. The average molecular weight is 204 g/mol. The predicted molar refractivity (Wildman–Crippen MR) is 49.7 cm³/mol. The Morgan fingerprint density at radius 2 is 2.21 bits per heavy atom. The minimum Gasteiger partial charge on any atom is -1.00 e. The van der Waals surface area contributed by atoms with E-state index in [1.54, 1.807) is 12.1 Å². The summed E-state index contributed by atoms with van der Waals surface area (Å²) in [5, 5.41) is 8.61. The number of nitrogens with zero attached hydrogens (tertiary/aromatic N) is 2. The van der Waals surface area contributed by atoms with Crippen molar-refractivity contribution in [3.05, 3.63) is 29.6 Å². The van der Waals surface area contributed by atoms with Gasteiger partial charge in [0, 0.05) is 12.7 Å². The van der Waals surface area contributed by atoms with Gasteiger partial charge in [-0.1, -0.05) is 0 Å². The van der Waals surface area contributed by atoms with Crippen molar-refractivity contribution < 1.29 is 40.9 Å².